The van der Waals surface area contributed by atoms with Crippen LogP contribution in [0.15, 0.2) is 71.4 Å². The summed E-state index contributed by atoms with van der Waals surface area (Å²) in [5, 5.41) is 6.14. The molecule has 4 rings (SSSR count). The molecule has 0 unspecified atom stereocenters. The van der Waals surface area contributed by atoms with Gasteiger partial charge in [0.1, 0.15) is 11.3 Å². The van der Waals surface area contributed by atoms with Crippen molar-refractivity contribution in [2.75, 3.05) is 26.9 Å². The second-order valence-electron chi connectivity index (χ2n) is 7.56. The van der Waals surface area contributed by atoms with Crippen molar-refractivity contribution in [3.8, 4) is 16.9 Å². The predicted octanol–water partition coefficient (Wildman–Crippen LogP) is 5.82. The number of allylic oxidation sites excluding steroid dienone is 1. The first-order chi connectivity index (χ1) is 15.6. The number of nitrogens with one attached hydrogen (secondary N) is 1. The molecule has 0 fully saturated rings. The lowest BCUT2D eigenvalue weighted by Crippen LogP contribution is -2.25. The fraction of sp³-hybridized carbons (Fsp3) is 0.222. The summed E-state index contributed by atoms with van der Waals surface area (Å²) in [4.78, 5) is 12.3. The van der Waals surface area contributed by atoms with E-state index in [2.05, 4.69) is 41.7 Å². The van der Waals surface area contributed by atoms with Gasteiger partial charge >= 0.3 is 0 Å². The minimum Gasteiger partial charge on any atom is -0.493 e. The Hall–Kier alpha value is -3.57. The van der Waals surface area contributed by atoms with Gasteiger partial charge in [0.05, 0.1) is 19.5 Å². The number of hydrogen-bond acceptors (Lipinski definition) is 4. The summed E-state index contributed by atoms with van der Waals surface area (Å²) in [6.07, 6.45) is 3.39. The molecule has 1 heterocycles. The first kappa shape index (κ1) is 21.7. The molecule has 1 aromatic heterocycles. The van der Waals surface area contributed by atoms with E-state index in [4.69, 9.17) is 13.9 Å². The zero-order valence-corrected chi connectivity index (χ0v) is 18.6. The van der Waals surface area contributed by atoms with Crippen molar-refractivity contribution in [1.82, 2.24) is 5.32 Å². The standard InChI is InChI=1S/C27H27NO4/c1-4-31-25-16-26-23(15-22(25)18(2)14-27(29)28-12-13-30-3)24(17-32-26)21-11-7-9-19-8-5-6-10-20(19)21/h5-11,14-17H,4,12-13H2,1-3H3,(H,28,29)/b18-14+. The molecule has 164 valence electrons. The van der Waals surface area contributed by atoms with Gasteiger partial charge in [0.2, 0.25) is 5.91 Å². The van der Waals surface area contributed by atoms with E-state index in [1.165, 1.54) is 5.39 Å². The van der Waals surface area contributed by atoms with Crippen molar-refractivity contribution in [3.63, 3.8) is 0 Å². The van der Waals surface area contributed by atoms with Gasteiger partial charge in [-0.2, -0.15) is 0 Å². The van der Waals surface area contributed by atoms with Gasteiger partial charge in [-0.3, -0.25) is 4.79 Å². The molecule has 1 amide bonds. The second-order valence-corrected chi connectivity index (χ2v) is 7.56. The molecule has 0 saturated heterocycles. The monoisotopic (exact) mass is 429 g/mol. The van der Waals surface area contributed by atoms with E-state index in [1.807, 2.05) is 32.0 Å². The van der Waals surface area contributed by atoms with Crippen LogP contribution < -0.4 is 10.1 Å². The summed E-state index contributed by atoms with van der Waals surface area (Å²) < 4.78 is 16.8. The van der Waals surface area contributed by atoms with E-state index in [1.54, 1.807) is 19.4 Å². The summed E-state index contributed by atoms with van der Waals surface area (Å²) in [7, 11) is 1.61. The third-order valence-electron chi connectivity index (χ3n) is 5.43. The van der Waals surface area contributed by atoms with E-state index in [9.17, 15) is 4.79 Å². The van der Waals surface area contributed by atoms with Crippen molar-refractivity contribution in [3.05, 3.63) is 72.5 Å². The molecule has 0 atom stereocenters. The molecule has 0 aliphatic carbocycles. The van der Waals surface area contributed by atoms with Crippen molar-refractivity contribution < 1.29 is 18.7 Å². The predicted molar refractivity (Wildman–Crippen MR) is 129 cm³/mol. The normalized spacial score (nSPS) is 11.8. The SMILES string of the molecule is CCOc1cc2occ(-c3cccc4ccccc34)c2cc1/C(C)=C/C(=O)NCCOC. The van der Waals surface area contributed by atoms with E-state index in [0.29, 0.717) is 25.5 Å². The van der Waals surface area contributed by atoms with Crippen LogP contribution in [0.25, 0.3) is 38.4 Å². The maximum Gasteiger partial charge on any atom is 0.244 e. The Balaban J connectivity index is 1.81. The van der Waals surface area contributed by atoms with Crippen molar-refractivity contribution in [2.45, 2.75) is 13.8 Å². The quantitative estimate of drug-likeness (QED) is 0.283. The summed E-state index contributed by atoms with van der Waals surface area (Å²) in [5.41, 5.74) is 4.55. The van der Waals surface area contributed by atoms with Crippen LogP contribution in [-0.2, 0) is 9.53 Å². The number of carbonyl (C=O) groups excluding carboxylic acids is 1. The lowest BCUT2D eigenvalue weighted by Gasteiger charge is -2.12. The highest BCUT2D eigenvalue weighted by molar-refractivity contribution is 6.06. The highest BCUT2D eigenvalue weighted by atomic mass is 16.5. The molecule has 32 heavy (non-hydrogen) atoms. The van der Waals surface area contributed by atoms with E-state index < -0.39 is 0 Å². The number of methoxy groups -OCH3 is 1. The Kier molecular flexibility index (Phi) is 6.57. The van der Waals surface area contributed by atoms with Gasteiger partial charge in [-0.15, -0.1) is 0 Å². The molecule has 5 heteroatoms. The minimum atomic E-state index is -0.163. The number of furan rings is 1. The molecular formula is C27H27NO4. The van der Waals surface area contributed by atoms with Gasteiger partial charge in [0.25, 0.3) is 0 Å². The summed E-state index contributed by atoms with van der Waals surface area (Å²) in [6.45, 7) is 5.30. The summed E-state index contributed by atoms with van der Waals surface area (Å²) in [6, 6.07) is 18.5. The van der Waals surface area contributed by atoms with Gasteiger partial charge in [-0.1, -0.05) is 42.5 Å². The number of ether oxygens (including phenoxy) is 2. The van der Waals surface area contributed by atoms with Crippen molar-refractivity contribution in [2.24, 2.45) is 0 Å². The molecule has 4 aromatic rings. The van der Waals surface area contributed by atoms with Crippen molar-refractivity contribution >= 4 is 33.2 Å². The molecular weight excluding hydrogens is 402 g/mol. The topological polar surface area (TPSA) is 60.7 Å². The van der Waals surface area contributed by atoms with E-state index >= 15 is 0 Å². The van der Waals surface area contributed by atoms with E-state index in [0.717, 1.165) is 38.6 Å². The van der Waals surface area contributed by atoms with Gasteiger partial charge in [-0.25, -0.2) is 0 Å². The van der Waals surface area contributed by atoms with Crippen LogP contribution in [0.2, 0.25) is 0 Å². The number of benzene rings is 3. The van der Waals surface area contributed by atoms with Gasteiger partial charge in [0, 0.05) is 42.3 Å². The van der Waals surface area contributed by atoms with Gasteiger partial charge in [0.15, 0.2) is 0 Å². The molecule has 0 radical (unpaired) electrons. The van der Waals surface area contributed by atoms with Gasteiger partial charge in [-0.05, 0) is 41.8 Å². The molecule has 0 aliphatic heterocycles. The van der Waals surface area contributed by atoms with Crippen LogP contribution >= 0.6 is 0 Å². The Bertz CT molecular complexity index is 1280. The van der Waals surface area contributed by atoms with Crippen LogP contribution in [0, 0.1) is 0 Å². The first-order valence-electron chi connectivity index (χ1n) is 10.7. The largest absolute Gasteiger partial charge is 0.493 e. The maximum atomic E-state index is 12.3. The fourth-order valence-electron chi connectivity index (χ4n) is 3.91. The van der Waals surface area contributed by atoms with Crippen molar-refractivity contribution in [1.29, 1.82) is 0 Å². The smallest absolute Gasteiger partial charge is 0.244 e. The molecule has 3 aromatic carbocycles. The number of rotatable bonds is 8. The Morgan fingerprint density at radius 1 is 1.06 bits per heavy atom. The third kappa shape index (κ3) is 4.39. The highest BCUT2D eigenvalue weighted by Gasteiger charge is 2.16. The lowest BCUT2D eigenvalue weighted by molar-refractivity contribution is -0.116. The van der Waals surface area contributed by atoms with Crippen LogP contribution in [0.3, 0.4) is 0 Å². The fourth-order valence-corrected chi connectivity index (χ4v) is 3.91. The average molecular weight is 430 g/mol. The molecule has 1 N–H and O–H groups in total. The highest BCUT2D eigenvalue weighted by Crippen LogP contribution is 2.39. The van der Waals surface area contributed by atoms with Crippen LogP contribution in [0.4, 0.5) is 0 Å². The van der Waals surface area contributed by atoms with Crippen LogP contribution in [0.5, 0.6) is 5.75 Å². The van der Waals surface area contributed by atoms with E-state index in [-0.39, 0.29) is 5.91 Å². The number of hydrogen-bond donors (Lipinski definition) is 1. The third-order valence-corrected chi connectivity index (χ3v) is 5.43. The van der Waals surface area contributed by atoms with Crippen LogP contribution in [0.1, 0.15) is 19.4 Å². The number of carbonyl (C=O) groups is 1. The Morgan fingerprint density at radius 2 is 1.88 bits per heavy atom. The van der Waals surface area contributed by atoms with Gasteiger partial charge < -0.3 is 19.2 Å². The average Bonchev–Trinajstić information content (AvgIpc) is 3.21. The minimum absolute atomic E-state index is 0.163. The molecule has 0 saturated carbocycles. The maximum absolute atomic E-state index is 12.3. The molecule has 0 aliphatic rings. The first-order valence-corrected chi connectivity index (χ1v) is 10.7. The lowest BCUT2D eigenvalue weighted by atomic mass is 9.96. The molecule has 0 spiro atoms. The van der Waals surface area contributed by atoms with Crippen LogP contribution in [-0.4, -0.2) is 32.8 Å². The second kappa shape index (κ2) is 9.71. The zero-order chi connectivity index (χ0) is 22.5. The molecule has 0 bridgehead atoms. The Labute approximate surface area is 187 Å². The summed E-state index contributed by atoms with van der Waals surface area (Å²) in [5.74, 6) is 0.529. The molecule has 5 nitrogen and oxygen atoms in total. The Morgan fingerprint density at radius 3 is 2.69 bits per heavy atom. The zero-order valence-electron chi connectivity index (χ0n) is 18.6. The summed E-state index contributed by atoms with van der Waals surface area (Å²) >= 11 is 0. The number of fused-ring (bicyclic) bond motifs is 2. The number of amides is 1.